The summed E-state index contributed by atoms with van der Waals surface area (Å²) in [6.07, 6.45) is -0.354. The van der Waals surface area contributed by atoms with E-state index in [9.17, 15) is 24.6 Å². The molecule has 136 valence electrons. The van der Waals surface area contributed by atoms with E-state index in [1.165, 1.54) is 28.8 Å². The van der Waals surface area contributed by atoms with Gasteiger partial charge in [0.2, 0.25) is 5.91 Å². The number of hydrogen-bond donors (Lipinski definition) is 2. The Morgan fingerprint density at radius 2 is 1.80 bits per heavy atom. The fourth-order valence-electron chi connectivity index (χ4n) is 2.52. The van der Waals surface area contributed by atoms with Crippen LogP contribution in [0, 0.1) is 0 Å². The van der Waals surface area contributed by atoms with Crippen LogP contribution in [-0.2, 0) is 23.9 Å². The number of aromatic hydroxyl groups is 1. The first kappa shape index (κ1) is 19.1. The van der Waals surface area contributed by atoms with Gasteiger partial charge >= 0.3 is 11.9 Å². The van der Waals surface area contributed by atoms with Gasteiger partial charge in [-0.15, -0.1) is 11.8 Å². The van der Waals surface area contributed by atoms with Crippen LogP contribution in [0.5, 0.6) is 5.75 Å². The van der Waals surface area contributed by atoms with Crippen LogP contribution in [0.2, 0.25) is 0 Å². The van der Waals surface area contributed by atoms with Crippen molar-refractivity contribution < 1.29 is 34.1 Å². The van der Waals surface area contributed by atoms with Crippen LogP contribution in [-0.4, -0.2) is 65.1 Å². The number of rotatable bonds is 6. The summed E-state index contributed by atoms with van der Waals surface area (Å²) in [5.41, 5.74) is -1.69. The third kappa shape index (κ3) is 3.88. The van der Waals surface area contributed by atoms with Crippen LogP contribution in [0.25, 0.3) is 0 Å². The molecule has 0 bridgehead atoms. The molecule has 1 saturated heterocycles. The Morgan fingerprint density at radius 1 is 1.24 bits per heavy atom. The molecule has 1 aliphatic heterocycles. The van der Waals surface area contributed by atoms with Crippen LogP contribution >= 0.6 is 11.8 Å². The van der Waals surface area contributed by atoms with Crippen LogP contribution in [0.15, 0.2) is 24.3 Å². The molecule has 0 radical (unpaired) electrons. The number of esters is 2. The van der Waals surface area contributed by atoms with E-state index in [2.05, 4.69) is 9.47 Å². The van der Waals surface area contributed by atoms with Crippen molar-refractivity contribution in [3.8, 4) is 5.75 Å². The third-order valence-corrected chi connectivity index (χ3v) is 5.16. The van der Waals surface area contributed by atoms with Crippen LogP contribution in [0.3, 0.4) is 0 Å². The molecule has 1 aliphatic rings. The molecular weight excluding hydrogens is 350 g/mol. The standard InChI is InChI=1S/C16H19NO7S/c1-23-14(20)16(22,15(21)24-2)7-8-17-12(19)9-25-13(17)10-3-5-11(18)6-4-10/h3-6,13,18,22H,7-9H2,1-2H3. The Morgan fingerprint density at radius 3 is 2.32 bits per heavy atom. The molecule has 2 N–H and O–H groups in total. The average molecular weight is 369 g/mol. The SMILES string of the molecule is COC(=O)C(O)(CCN1C(=O)CSC1c1ccc(O)cc1)C(=O)OC. The number of carbonyl (C=O) groups is 3. The molecular formula is C16H19NO7S. The number of methoxy groups -OCH3 is 2. The number of aliphatic hydroxyl groups is 1. The van der Waals surface area contributed by atoms with Crippen molar-refractivity contribution >= 4 is 29.6 Å². The predicted octanol–water partition coefficient (Wildman–Crippen LogP) is 0.433. The zero-order valence-electron chi connectivity index (χ0n) is 13.8. The minimum absolute atomic E-state index is 0.0436. The van der Waals surface area contributed by atoms with E-state index in [-0.39, 0.29) is 35.7 Å². The molecule has 9 heteroatoms. The molecule has 1 amide bonds. The molecule has 1 unspecified atom stereocenters. The summed E-state index contributed by atoms with van der Waals surface area (Å²) in [6.45, 7) is -0.0436. The molecule has 8 nitrogen and oxygen atoms in total. The second-order valence-corrected chi connectivity index (χ2v) is 6.50. The highest BCUT2D eigenvalue weighted by Gasteiger charge is 2.47. The summed E-state index contributed by atoms with van der Waals surface area (Å²) in [6, 6.07) is 6.39. The Bertz CT molecular complexity index is 645. The summed E-state index contributed by atoms with van der Waals surface area (Å²) in [5, 5.41) is 19.4. The molecule has 0 saturated carbocycles. The van der Waals surface area contributed by atoms with Crippen molar-refractivity contribution in [2.75, 3.05) is 26.5 Å². The summed E-state index contributed by atoms with van der Waals surface area (Å²) in [4.78, 5) is 37.2. The normalized spacial score (nSPS) is 17.5. The smallest absolute Gasteiger partial charge is 0.349 e. The largest absolute Gasteiger partial charge is 0.508 e. The van der Waals surface area contributed by atoms with E-state index in [0.717, 1.165) is 19.8 Å². The first-order chi connectivity index (χ1) is 11.8. The fraction of sp³-hybridized carbons (Fsp3) is 0.438. The van der Waals surface area contributed by atoms with E-state index in [4.69, 9.17) is 0 Å². The Balaban J connectivity index is 2.18. The second kappa shape index (κ2) is 7.75. The number of ether oxygens (including phenoxy) is 2. The van der Waals surface area contributed by atoms with Gasteiger partial charge in [-0.05, 0) is 17.7 Å². The Hall–Kier alpha value is -2.26. The molecule has 1 atom stereocenters. The van der Waals surface area contributed by atoms with Crippen LogP contribution < -0.4 is 0 Å². The van der Waals surface area contributed by atoms with E-state index < -0.39 is 17.5 Å². The number of nitrogens with zero attached hydrogens (tertiary/aromatic N) is 1. The highest BCUT2D eigenvalue weighted by atomic mass is 32.2. The second-order valence-electron chi connectivity index (χ2n) is 5.44. The minimum atomic E-state index is -2.48. The van der Waals surface area contributed by atoms with Crippen molar-refractivity contribution in [3.63, 3.8) is 0 Å². The van der Waals surface area contributed by atoms with Gasteiger partial charge in [-0.3, -0.25) is 4.79 Å². The lowest BCUT2D eigenvalue weighted by Crippen LogP contribution is -2.50. The van der Waals surface area contributed by atoms with Gasteiger partial charge in [-0.2, -0.15) is 0 Å². The minimum Gasteiger partial charge on any atom is -0.508 e. The van der Waals surface area contributed by atoms with Gasteiger partial charge in [0.15, 0.2) is 0 Å². The quantitative estimate of drug-likeness (QED) is 0.548. The third-order valence-electron chi connectivity index (χ3n) is 3.91. The monoisotopic (exact) mass is 369 g/mol. The number of benzene rings is 1. The summed E-state index contributed by atoms with van der Waals surface area (Å²) >= 11 is 1.38. The zero-order chi connectivity index (χ0) is 18.6. The molecule has 0 aliphatic carbocycles. The Kier molecular flexibility index (Phi) is 5.91. The lowest BCUT2D eigenvalue weighted by atomic mass is 9.99. The Labute approximate surface area is 148 Å². The molecule has 2 rings (SSSR count). The van der Waals surface area contributed by atoms with Crippen molar-refractivity contribution in [3.05, 3.63) is 29.8 Å². The molecule has 0 spiro atoms. The van der Waals surface area contributed by atoms with Gasteiger partial charge in [0.05, 0.1) is 20.0 Å². The predicted molar refractivity (Wildman–Crippen MR) is 88.6 cm³/mol. The molecule has 1 fully saturated rings. The summed E-state index contributed by atoms with van der Waals surface area (Å²) in [5.74, 6) is -2.12. The topological polar surface area (TPSA) is 113 Å². The maximum Gasteiger partial charge on any atom is 0.349 e. The van der Waals surface area contributed by atoms with Crippen LogP contribution in [0.1, 0.15) is 17.4 Å². The number of phenolic OH excluding ortho intramolecular Hbond substituents is 1. The highest BCUT2D eigenvalue weighted by Crippen LogP contribution is 2.39. The molecule has 1 aromatic rings. The highest BCUT2D eigenvalue weighted by molar-refractivity contribution is 8.00. The lowest BCUT2D eigenvalue weighted by molar-refractivity contribution is -0.181. The van der Waals surface area contributed by atoms with Crippen LogP contribution in [0.4, 0.5) is 0 Å². The summed E-state index contributed by atoms with van der Waals surface area (Å²) < 4.78 is 8.96. The number of thioether (sulfide) groups is 1. The van der Waals surface area contributed by atoms with E-state index in [1.54, 1.807) is 12.1 Å². The maximum absolute atomic E-state index is 12.2. The molecule has 1 aromatic carbocycles. The van der Waals surface area contributed by atoms with Gasteiger partial charge in [0.1, 0.15) is 11.1 Å². The van der Waals surface area contributed by atoms with E-state index >= 15 is 0 Å². The van der Waals surface area contributed by atoms with Crippen molar-refractivity contribution in [2.45, 2.75) is 17.4 Å². The van der Waals surface area contributed by atoms with Gasteiger partial charge in [-0.1, -0.05) is 12.1 Å². The molecule has 25 heavy (non-hydrogen) atoms. The van der Waals surface area contributed by atoms with Gasteiger partial charge in [0, 0.05) is 13.0 Å². The summed E-state index contributed by atoms with van der Waals surface area (Å²) in [7, 11) is 2.10. The van der Waals surface area contributed by atoms with E-state index in [1.807, 2.05) is 0 Å². The fourth-order valence-corrected chi connectivity index (χ4v) is 3.74. The number of phenols is 1. The van der Waals surface area contributed by atoms with Gasteiger partial charge < -0.3 is 24.6 Å². The lowest BCUT2D eigenvalue weighted by Gasteiger charge is -2.28. The first-order valence-electron chi connectivity index (χ1n) is 7.42. The average Bonchev–Trinajstić information content (AvgIpc) is 2.99. The van der Waals surface area contributed by atoms with Crippen molar-refractivity contribution in [1.82, 2.24) is 4.90 Å². The van der Waals surface area contributed by atoms with Gasteiger partial charge in [0.25, 0.3) is 5.60 Å². The molecule has 1 heterocycles. The van der Waals surface area contributed by atoms with E-state index in [0.29, 0.717) is 0 Å². The number of amides is 1. The zero-order valence-corrected chi connectivity index (χ0v) is 14.6. The first-order valence-corrected chi connectivity index (χ1v) is 8.47. The number of carbonyl (C=O) groups excluding carboxylic acids is 3. The number of hydrogen-bond acceptors (Lipinski definition) is 8. The van der Waals surface area contributed by atoms with Crippen molar-refractivity contribution in [2.24, 2.45) is 0 Å². The maximum atomic E-state index is 12.2. The van der Waals surface area contributed by atoms with Crippen molar-refractivity contribution in [1.29, 1.82) is 0 Å². The van der Waals surface area contributed by atoms with Gasteiger partial charge in [-0.25, -0.2) is 9.59 Å². The molecule has 0 aromatic heterocycles.